The first-order chi connectivity index (χ1) is 26.1. The molecule has 0 bridgehead atoms. The molecule has 10 rings (SSSR count). The maximum absolute atomic E-state index is 2.44. The van der Waals surface area contributed by atoms with Crippen molar-refractivity contribution in [2.45, 2.75) is 19.3 Å². The van der Waals surface area contributed by atoms with Gasteiger partial charge in [0.25, 0.3) is 0 Å². The van der Waals surface area contributed by atoms with Crippen molar-refractivity contribution in [2.75, 3.05) is 4.90 Å². The number of anilines is 3. The van der Waals surface area contributed by atoms with Crippen LogP contribution in [0.15, 0.2) is 194 Å². The largest absolute Gasteiger partial charge is 0.310 e. The van der Waals surface area contributed by atoms with E-state index >= 15 is 0 Å². The van der Waals surface area contributed by atoms with Gasteiger partial charge in [-0.15, -0.1) is 0 Å². The van der Waals surface area contributed by atoms with Gasteiger partial charge in [-0.25, -0.2) is 0 Å². The summed E-state index contributed by atoms with van der Waals surface area (Å²) in [7, 11) is 0. The Balaban J connectivity index is 1.16. The van der Waals surface area contributed by atoms with E-state index in [0.717, 1.165) is 17.1 Å². The Morgan fingerprint density at radius 1 is 0.415 bits per heavy atom. The van der Waals surface area contributed by atoms with Crippen molar-refractivity contribution < 1.29 is 0 Å². The molecule has 9 aromatic rings. The molecule has 2 heteroatoms. The number of hydrogen-bond acceptors (Lipinski definition) is 1. The van der Waals surface area contributed by atoms with Crippen LogP contribution in [0.25, 0.3) is 60.9 Å². The van der Waals surface area contributed by atoms with E-state index in [-0.39, 0.29) is 5.41 Å². The van der Waals surface area contributed by atoms with Gasteiger partial charge in [0.05, 0.1) is 16.7 Å². The fraction of sp³-hybridized carbons (Fsp3) is 0.0588. The molecule has 8 aromatic carbocycles. The molecular weight excluding hydrogens is 641 g/mol. The zero-order valence-electron chi connectivity index (χ0n) is 29.9. The van der Waals surface area contributed by atoms with Crippen LogP contribution in [-0.4, -0.2) is 4.57 Å². The van der Waals surface area contributed by atoms with Gasteiger partial charge >= 0.3 is 0 Å². The van der Waals surface area contributed by atoms with Crippen molar-refractivity contribution in [3.05, 3.63) is 205 Å². The Morgan fingerprint density at radius 3 is 1.77 bits per heavy atom. The molecule has 0 aliphatic heterocycles. The van der Waals surface area contributed by atoms with Crippen LogP contribution in [0.4, 0.5) is 17.1 Å². The van der Waals surface area contributed by atoms with Crippen LogP contribution >= 0.6 is 0 Å². The van der Waals surface area contributed by atoms with E-state index in [2.05, 4.69) is 217 Å². The average Bonchev–Trinajstić information content (AvgIpc) is 3.67. The zero-order valence-corrected chi connectivity index (χ0v) is 29.9. The first-order valence-electron chi connectivity index (χ1n) is 18.4. The predicted octanol–water partition coefficient (Wildman–Crippen LogP) is 13.9. The fourth-order valence-electron chi connectivity index (χ4n) is 8.77. The van der Waals surface area contributed by atoms with E-state index in [0.29, 0.717) is 0 Å². The second kappa shape index (κ2) is 12.3. The molecule has 1 heterocycles. The number of rotatable bonds is 6. The lowest BCUT2D eigenvalue weighted by Gasteiger charge is -2.32. The van der Waals surface area contributed by atoms with Gasteiger partial charge in [-0.05, 0) is 105 Å². The van der Waals surface area contributed by atoms with Gasteiger partial charge in [-0.1, -0.05) is 147 Å². The van der Waals surface area contributed by atoms with Crippen LogP contribution in [0, 0.1) is 0 Å². The van der Waals surface area contributed by atoms with Gasteiger partial charge in [0.1, 0.15) is 0 Å². The number of benzene rings is 8. The summed E-state index contributed by atoms with van der Waals surface area (Å²) >= 11 is 0. The van der Waals surface area contributed by atoms with Crippen molar-refractivity contribution in [3.8, 4) is 39.1 Å². The van der Waals surface area contributed by atoms with Gasteiger partial charge in [0.2, 0.25) is 0 Å². The van der Waals surface area contributed by atoms with E-state index in [1.807, 2.05) is 0 Å². The van der Waals surface area contributed by atoms with Crippen molar-refractivity contribution >= 4 is 38.9 Å². The smallest absolute Gasteiger partial charge is 0.0547 e. The SMILES string of the molecule is CC1(C)c2ccccc2-c2cccc(N(c3ccccc3)c3ccc(-c4cc5c6ccccc6n(-c6ccccc6)c5cc4-c4ccccc4)cc3)c21. The van der Waals surface area contributed by atoms with Gasteiger partial charge in [-0.2, -0.15) is 0 Å². The summed E-state index contributed by atoms with van der Waals surface area (Å²) in [5, 5.41) is 2.50. The quantitative estimate of drug-likeness (QED) is 0.170. The number of fused-ring (bicyclic) bond motifs is 6. The van der Waals surface area contributed by atoms with E-state index in [1.54, 1.807) is 0 Å². The van der Waals surface area contributed by atoms with Crippen LogP contribution in [0.2, 0.25) is 0 Å². The fourth-order valence-corrected chi connectivity index (χ4v) is 8.77. The third-order valence-electron chi connectivity index (χ3n) is 11.2. The van der Waals surface area contributed by atoms with Crippen LogP contribution in [0.5, 0.6) is 0 Å². The predicted molar refractivity (Wildman–Crippen MR) is 224 cm³/mol. The molecule has 0 amide bonds. The van der Waals surface area contributed by atoms with Crippen molar-refractivity contribution in [1.29, 1.82) is 0 Å². The highest BCUT2D eigenvalue weighted by atomic mass is 15.1. The van der Waals surface area contributed by atoms with Crippen LogP contribution in [0.3, 0.4) is 0 Å². The molecule has 1 aliphatic carbocycles. The minimum absolute atomic E-state index is 0.144. The molecule has 0 radical (unpaired) electrons. The summed E-state index contributed by atoms with van der Waals surface area (Å²) in [6.45, 7) is 4.73. The first kappa shape index (κ1) is 31.1. The van der Waals surface area contributed by atoms with Crippen molar-refractivity contribution in [3.63, 3.8) is 0 Å². The van der Waals surface area contributed by atoms with E-state index < -0.39 is 0 Å². The van der Waals surface area contributed by atoms with E-state index in [9.17, 15) is 0 Å². The molecule has 0 unspecified atom stereocenters. The standard InChI is InChI=1S/C51H38N2/c1-51(2)46-26-14-12-23-40(46)42-25-16-28-48(50(42)51)52(37-19-8-4-9-20-37)39-31-29-36(30-32-39)43-33-45-41-24-13-15-27-47(41)53(38-21-10-5-11-22-38)49(45)34-44(43)35-17-6-3-7-18-35/h3-34H,1-2H3. The van der Waals surface area contributed by atoms with Gasteiger partial charge in [-0.3, -0.25) is 0 Å². The highest BCUT2D eigenvalue weighted by Gasteiger charge is 2.38. The normalized spacial score (nSPS) is 12.9. The lowest BCUT2D eigenvalue weighted by molar-refractivity contribution is 0.661. The summed E-state index contributed by atoms with van der Waals surface area (Å²) in [4.78, 5) is 2.44. The summed E-state index contributed by atoms with van der Waals surface area (Å²) in [6.07, 6.45) is 0. The van der Waals surface area contributed by atoms with Gasteiger partial charge in [0.15, 0.2) is 0 Å². The molecule has 1 aromatic heterocycles. The van der Waals surface area contributed by atoms with Crippen molar-refractivity contribution in [1.82, 2.24) is 4.57 Å². The van der Waals surface area contributed by atoms with Crippen LogP contribution < -0.4 is 4.90 Å². The number of hydrogen-bond donors (Lipinski definition) is 0. The Kier molecular flexibility index (Phi) is 7.19. The molecule has 2 nitrogen and oxygen atoms in total. The summed E-state index contributed by atoms with van der Waals surface area (Å²) < 4.78 is 2.40. The van der Waals surface area contributed by atoms with Crippen LogP contribution in [0.1, 0.15) is 25.0 Å². The van der Waals surface area contributed by atoms with Crippen LogP contribution in [-0.2, 0) is 5.41 Å². The summed E-state index contributed by atoms with van der Waals surface area (Å²) in [5.41, 5.74) is 17.1. The van der Waals surface area contributed by atoms with E-state index in [4.69, 9.17) is 0 Å². The molecule has 0 atom stereocenters. The number of para-hydroxylation sites is 3. The highest BCUT2D eigenvalue weighted by molar-refractivity contribution is 6.12. The molecule has 53 heavy (non-hydrogen) atoms. The third-order valence-corrected chi connectivity index (χ3v) is 11.2. The molecule has 0 fully saturated rings. The zero-order chi connectivity index (χ0) is 35.5. The second-order valence-corrected chi connectivity index (χ2v) is 14.6. The molecule has 0 saturated heterocycles. The molecule has 252 valence electrons. The minimum Gasteiger partial charge on any atom is -0.310 e. The molecule has 0 saturated carbocycles. The average molecular weight is 679 g/mol. The van der Waals surface area contributed by atoms with Crippen molar-refractivity contribution in [2.24, 2.45) is 0 Å². The molecule has 0 spiro atoms. The molecular formula is C51H38N2. The Labute approximate surface area is 310 Å². The summed E-state index contributed by atoms with van der Waals surface area (Å²) in [5.74, 6) is 0. The molecule has 1 aliphatic rings. The Bertz CT molecular complexity index is 2780. The Hall–Kier alpha value is -6.64. The summed E-state index contributed by atoms with van der Waals surface area (Å²) in [6, 6.07) is 70.7. The monoisotopic (exact) mass is 678 g/mol. The maximum Gasteiger partial charge on any atom is 0.0547 e. The minimum atomic E-state index is -0.144. The lowest BCUT2D eigenvalue weighted by atomic mass is 9.81. The molecule has 0 N–H and O–H groups in total. The number of aromatic nitrogens is 1. The maximum atomic E-state index is 2.44. The van der Waals surface area contributed by atoms with Gasteiger partial charge < -0.3 is 9.47 Å². The second-order valence-electron chi connectivity index (χ2n) is 14.6. The lowest BCUT2D eigenvalue weighted by Crippen LogP contribution is -2.20. The highest BCUT2D eigenvalue weighted by Crippen LogP contribution is 2.54. The first-order valence-corrected chi connectivity index (χ1v) is 18.4. The topological polar surface area (TPSA) is 8.17 Å². The number of nitrogens with zero attached hydrogens (tertiary/aromatic N) is 2. The van der Waals surface area contributed by atoms with E-state index in [1.165, 1.54) is 72.0 Å². The Morgan fingerprint density at radius 2 is 1.00 bits per heavy atom. The van der Waals surface area contributed by atoms with Gasteiger partial charge in [0, 0.05) is 33.2 Å². The third kappa shape index (κ3) is 4.94.